The third kappa shape index (κ3) is 2.53. The zero-order valence-corrected chi connectivity index (χ0v) is 15.3. The van der Waals surface area contributed by atoms with Crippen LogP contribution in [0.2, 0.25) is 0 Å². The van der Waals surface area contributed by atoms with E-state index in [1.165, 1.54) is 17.8 Å². The van der Waals surface area contributed by atoms with E-state index < -0.39 is 5.41 Å². The van der Waals surface area contributed by atoms with Crippen LogP contribution in [0.25, 0.3) is 10.2 Å². The van der Waals surface area contributed by atoms with Crippen molar-refractivity contribution in [1.29, 1.82) is 0 Å². The van der Waals surface area contributed by atoms with Gasteiger partial charge in [-0.2, -0.15) is 0 Å². The van der Waals surface area contributed by atoms with E-state index in [0.29, 0.717) is 27.9 Å². The van der Waals surface area contributed by atoms with Gasteiger partial charge < -0.3 is 9.72 Å². The highest BCUT2D eigenvalue weighted by Crippen LogP contribution is 2.64. The quantitative estimate of drug-likeness (QED) is 0.654. The molecule has 2 aromatic heterocycles. The van der Waals surface area contributed by atoms with Crippen LogP contribution in [0, 0.1) is 17.3 Å². The molecular weight excluding hydrogens is 360 g/mol. The van der Waals surface area contributed by atoms with Crippen molar-refractivity contribution in [2.45, 2.75) is 50.0 Å². The third-order valence-electron chi connectivity index (χ3n) is 6.13. The number of carbonyl (C=O) groups excluding carboxylic acids is 1. The lowest BCUT2D eigenvalue weighted by Crippen LogP contribution is -2.56. The molecule has 0 aromatic carbocycles. The van der Waals surface area contributed by atoms with Gasteiger partial charge in [0.15, 0.2) is 0 Å². The highest BCUT2D eigenvalue weighted by molar-refractivity contribution is 7.17. The van der Waals surface area contributed by atoms with E-state index in [1.807, 2.05) is 5.38 Å². The molecule has 4 saturated carbocycles. The zero-order valence-electron chi connectivity index (χ0n) is 13.7. The molecule has 132 valence electrons. The second-order valence-electron chi connectivity index (χ2n) is 8.12. The normalized spacial score (nSPS) is 36.0. The minimum atomic E-state index is -0.432. The summed E-state index contributed by atoms with van der Waals surface area (Å²) in [6, 6.07) is 1.80. The molecule has 2 aromatic rings. The number of halogens is 1. The van der Waals surface area contributed by atoms with Crippen LogP contribution in [0.1, 0.15) is 44.3 Å². The van der Waals surface area contributed by atoms with Gasteiger partial charge in [-0.15, -0.1) is 22.9 Å². The Bertz CT molecular complexity index is 906. The van der Waals surface area contributed by atoms with Crippen molar-refractivity contribution in [3.8, 4) is 0 Å². The molecular formula is C18H19ClN2O3S. The van der Waals surface area contributed by atoms with Gasteiger partial charge in [0.2, 0.25) is 0 Å². The fraction of sp³-hybridized carbons (Fsp3) is 0.611. The standard InChI is InChI=1S/C18H19ClN2O3S/c19-18-6-10-3-11(7-18)5-17(4-10,9-18)16(23)24-8-13-20-12-1-2-25-14(12)15(22)21-13/h1-2,10-11H,3-9H2,(H,20,21,22)/t10-,11+,17?,18?. The molecule has 4 fully saturated rings. The number of ether oxygens (including phenoxy) is 1. The minimum Gasteiger partial charge on any atom is -0.457 e. The SMILES string of the molecule is O=C(OCc1nc2ccsc2c(=O)[nH]1)C12C[C@@H]3C[C@@H](CC(Cl)(C3)C1)C2. The third-order valence-corrected chi connectivity index (χ3v) is 7.47. The predicted octanol–water partition coefficient (Wildman–Crippen LogP) is 3.61. The lowest BCUT2D eigenvalue weighted by molar-refractivity contribution is -0.171. The van der Waals surface area contributed by atoms with E-state index in [4.69, 9.17) is 16.3 Å². The molecule has 5 nitrogen and oxygen atoms in total. The smallest absolute Gasteiger partial charge is 0.312 e. The van der Waals surface area contributed by atoms with Crippen molar-refractivity contribution in [2.75, 3.05) is 0 Å². The summed E-state index contributed by atoms with van der Waals surface area (Å²) < 4.78 is 6.21. The van der Waals surface area contributed by atoms with Crippen molar-refractivity contribution < 1.29 is 9.53 Å². The summed E-state index contributed by atoms with van der Waals surface area (Å²) in [6.07, 6.45) is 5.77. The van der Waals surface area contributed by atoms with E-state index >= 15 is 0 Å². The Morgan fingerprint density at radius 2 is 2.12 bits per heavy atom. The van der Waals surface area contributed by atoms with Crippen molar-refractivity contribution in [3.05, 3.63) is 27.6 Å². The molecule has 4 aliphatic carbocycles. The fourth-order valence-electron chi connectivity index (χ4n) is 5.67. The Balaban J connectivity index is 1.36. The number of nitrogens with one attached hydrogen (secondary N) is 1. The zero-order chi connectivity index (χ0) is 17.2. The molecule has 4 bridgehead atoms. The summed E-state index contributed by atoms with van der Waals surface area (Å²) in [5.41, 5.74) is 0.0355. The molecule has 0 saturated heterocycles. The largest absolute Gasteiger partial charge is 0.457 e. The summed E-state index contributed by atoms with van der Waals surface area (Å²) in [7, 11) is 0. The lowest BCUT2D eigenvalue weighted by atomic mass is 9.49. The molecule has 2 unspecified atom stereocenters. The Morgan fingerprint density at radius 1 is 1.36 bits per heavy atom. The Labute approximate surface area is 153 Å². The molecule has 25 heavy (non-hydrogen) atoms. The number of carbonyl (C=O) groups is 1. The molecule has 4 aliphatic rings. The van der Waals surface area contributed by atoms with Gasteiger partial charge in [0.1, 0.15) is 17.1 Å². The molecule has 0 amide bonds. The number of nitrogens with zero attached hydrogens (tertiary/aromatic N) is 1. The molecule has 4 atom stereocenters. The minimum absolute atomic E-state index is 0.00618. The number of rotatable bonds is 3. The molecule has 1 N–H and O–H groups in total. The van der Waals surface area contributed by atoms with Crippen LogP contribution in [-0.4, -0.2) is 20.8 Å². The number of aromatic nitrogens is 2. The van der Waals surface area contributed by atoms with E-state index in [-0.39, 0.29) is 23.0 Å². The van der Waals surface area contributed by atoms with Crippen molar-refractivity contribution in [3.63, 3.8) is 0 Å². The fourth-order valence-corrected chi connectivity index (χ4v) is 7.08. The van der Waals surface area contributed by atoms with Gasteiger partial charge in [0.05, 0.1) is 10.9 Å². The summed E-state index contributed by atoms with van der Waals surface area (Å²) in [4.78, 5) is 31.8. The highest BCUT2D eigenvalue weighted by atomic mass is 35.5. The maximum absolute atomic E-state index is 12.9. The van der Waals surface area contributed by atoms with Crippen LogP contribution >= 0.6 is 22.9 Å². The number of hydrogen-bond acceptors (Lipinski definition) is 5. The van der Waals surface area contributed by atoms with Crippen LogP contribution in [0.5, 0.6) is 0 Å². The van der Waals surface area contributed by atoms with E-state index in [2.05, 4.69) is 9.97 Å². The highest BCUT2D eigenvalue weighted by Gasteiger charge is 2.60. The van der Waals surface area contributed by atoms with Crippen LogP contribution < -0.4 is 5.56 Å². The van der Waals surface area contributed by atoms with Crippen molar-refractivity contribution in [2.24, 2.45) is 17.3 Å². The van der Waals surface area contributed by atoms with E-state index in [9.17, 15) is 9.59 Å². The van der Waals surface area contributed by atoms with Gasteiger partial charge in [0.25, 0.3) is 5.56 Å². The first-order valence-electron chi connectivity index (χ1n) is 8.77. The van der Waals surface area contributed by atoms with Gasteiger partial charge in [-0.3, -0.25) is 9.59 Å². The topological polar surface area (TPSA) is 72.0 Å². The van der Waals surface area contributed by atoms with Gasteiger partial charge in [0, 0.05) is 4.87 Å². The summed E-state index contributed by atoms with van der Waals surface area (Å²) >= 11 is 8.15. The summed E-state index contributed by atoms with van der Waals surface area (Å²) in [6.45, 7) is 0.00618. The first-order chi connectivity index (χ1) is 11.9. The second-order valence-corrected chi connectivity index (χ2v) is 9.83. The molecule has 2 heterocycles. The Hall–Kier alpha value is -1.40. The Morgan fingerprint density at radius 3 is 2.84 bits per heavy atom. The van der Waals surface area contributed by atoms with Gasteiger partial charge in [-0.05, 0) is 61.8 Å². The number of aromatic amines is 1. The summed E-state index contributed by atoms with van der Waals surface area (Å²) in [5, 5.41) is 1.83. The molecule has 0 spiro atoms. The number of H-pyrrole nitrogens is 1. The second kappa shape index (κ2) is 5.30. The van der Waals surface area contributed by atoms with E-state index in [0.717, 1.165) is 32.1 Å². The van der Waals surface area contributed by atoms with Crippen LogP contribution in [0.3, 0.4) is 0 Å². The maximum atomic E-state index is 12.9. The maximum Gasteiger partial charge on any atom is 0.312 e. The molecule has 6 rings (SSSR count). The molecule has 0 radical (unpaired) electrons. The van der Waals surface area contributed by atoms with Crippen LogP contribution in [0.15, 0.2) is 16.2 Å². The van der Waals surface area contributed by atoms with Crippen molar-refractivity contribution in [1.82, 2.24) is 9.97 Å². The van der Waals surface area contributed by atoms with Gasteiger partial charge in [-0.1, -0.05) is 0 Å². The van der Waals surface area contributed by atoms with Crippen molar-refractivity contribution >= 4 is 39.1 Å². The lowest BCUT2D eigenvalue weighted by Gasteiger charge is -2.58. The first kappa shape index (κ1) is 15.8. The number of hydrogen-bond donors (Lipinski definition) is 1. The average Bonchev–Trinajstić information content (AvgIpc) is 2.99. The van der Waals surface area contributed by atoms with E-state index in [1.54, 1.807) is 6.07 Å². The predicted molar refractivity (Wildman–Crippen MR) is 95.7 cm³/mol. The number of esters is 1. The molecule has 7 heteroatoms. The average molecular weight is 379 g/mol. The van der Waals surface area contributed by atoms with Crippen LogP contribution in [0.4, 0.5) is 0 Å². The first-order valence-corrected chi connectivity index (χ1v) is 10.0. The number of thiophene rings is 1. The van der Waals surface area contributed by atoms with Gasteiger partial charge >= 0.3 is 5.97 Å². The van der Waals surface area contributed by atoms with Gasteiger partial charge in [-0.25, -0.2) is 4.98 Å². The number of fused-ring (bicyclic) bond motifs is 1. The Kier molecular flexibility index (Phi) is 3.36. The summed E-state index contributed by atoms with van der Waals surface area (Å²) in [5.74, 6) is 1.33. The monoisotopic (exact) mass is 378 g/mol. The van der Waals surface area contributed by atoms with Crippen LogP contribution in [-0.2, 0) is 16.1 Å². The number of alkyl halides is 1. The molecule has 0 aliphatic heterocycles.